The predicted molar refractivity (Wildman–Crippen MR) is 75.8 cm³/mol. The van der Waals surface area contributed by atoms with E-state index in [0.717, 1.165) is 26.1 Å². The first-order chi connectivity index (χ1) is 8.61. The van der Waals surface area contributed by atoms with E-state index in [-0.39, 0.29) is 5.75 Å². The summed E-state index contributed by atoms with van der Waals surface area (Å²) >= 11 is 0. The molecule has 0 saturated carbocycles. The average Bonchev–Trinajstić information content (AvgIpc) is 2.39. The van der Waals surface area contributed by atoms with E-state index < -0.39 is 9.84 Å². The molecule has 0 fully saturated rings. The highest BCUT2D eigenvalue weighted by atomic mass is 32.2. The van der Waals surface area contributed by atoms with Crippen LogP contribution in [-0.4, -0.2) is 33.8 Å². The van der Waals surface area contributed by atoms with E-state index in [9.17, 15) is 8.42 Å². The fraction of sp³-hybridized carbons (Fsp3) is 0.538. The lowest BCUT2D eigenvalue weighted by atomic mass is 10.3. The second kappa shape index (κ2) is 7.38. The van der Waals surface area contributed by atoms with Crippen molar-refractivity contribution in [1.29, 1.82) is 0 Å². The predicted octanol–water partition coefficient (Wildman–Crippen LogP) is 1.89. The molecule has 0 atom stereocenters. The summed E-state index contributed by atoms with van der Waals surface area (Å²) < 4.78 is 23.8. The van der Waals surface area contributed by atoms with Gasteiger partial charge in [0, 0.05) is 6.54 Å². The minimum absolute atomic E-state index is 0.128. The Morgan fingerprint density at radius 1 is 1.11 bits per heavy atom. The molecule has 0 spiro atoms. The van der Waals surface area contributed by atoms with Gasteiger partial charge in [-0.25, -0.2) is 8.42 Å². The van der Waals surface area contributed by atoms with E-state index in [0.29, 0.717) is 10.6 Å². The minimum Gasteiger partial charge on any atom is -0.384 e. The first-order valence-corrected chi connectivity index (χ1v) is 8.03. The van der Waals surface area contributed by atoms with Gasteiger partial charge < -0.3 is 10.6 Å². The smallest absolute Gasteiger partial charge is 0.180 e. The van der Waals surface area contributed by atoms with E-state index in [1.165, 1.54) is 0 Å². The lowest BCUT2D eigenvalue weighted by molar-refractivity contribution is 0.597. The fourth-order valence-electron chi connectivity index (χ4n) is 1.65. The van der Waals surface area contributed by atoms with Crippen molar-refractivity contribution in [1.82, 2.24) is 5.32 Å². The molecule has 0 saturated heterocycles. The third kappa shape index (κ3) is 4.31. The van der Waals surface area contributed by atoms with Gasteiger partial charge in [-0.15, -0.1) is 0 Å². The number of para-hydroxylation sites is 1. The molecule has 0 radical (unpaired) electrons. The molecular weight excluding hydrogens is 248 g/mol. The maximum Gasteiger partial charge on any atom is 0.180 e. The quantitative estimate of drug-likeness (QED) is 0.708. The van der Waals surface area contributed by atoms with Gasteiger partial charge in [0.2, 0.25) is 0 Å². The van der Waals surface area contributed by atoms with Gasteiger partial charge in [0.15, 0.2) is 9.84 Å². The number of sulfone groups is 1. The Morgan fingerprint density at radius 2 is 1.83 bits per heavy atom. The Labute approximate surface area is 110 Å². The molecule has 0 aromatic heterocycles. The molecule has 0 bridgehead atoms. The summed E-state index contributed by atoms with van der Waals surface area (Å²) in [7, 11) is -3.15. The molecule has 102 valence electrons. The van der Waals surface area contributed by atoms with E-state index in [2.05, 4.69) is 17.6 Å². The van der Waals surface area contributed by atoms with Crippen LogP contribution in [0.4, 0.5) is 5.69 Å². The van der Waals surface area contributed by atoms with Crippen LogP contribution in [0.25, 0.3) is 0 Å². The van der Waals surface area contributed by atoms with Crippen molar-refractivity contribution in [3.63, 3.8) is 0 Å². The monoisotopic (exact) mass is 270 g/mol. The van der Waals surface area contributed by atoms with Crippen molar-refractivity contribution in [2.24, 2.45) is 0 Å². The highest BCUT2D eigenvalue weighted by Crippen LogP contribution is 2.21. The van der Waals surface area contributed by atoms with E-state index in [1.54, 1.807) is 19.1 Å². The molecule has 1 aromatic carbocycles. The third-order valence-electron chi connectivity index (χ3n) is 2.70. The van der Waals surface area contributed by atoms with Crippen molar-refractivity contribution in [2.75, 3.05) is 30.7 Å². The van der Waals surface area contributed by atoms with Gasteiger partial charge in [-0.1, -0.05) is 26.0 Å². The minimum atomic E-state index is -3.15. The molecule has 0 heterocycles. The fourth-order valence-corrected chi connectivity index (χ4v) is 2.72. The lowest BCUT2D eigenvalue weighted by Crippen LogP contribution is -2.18. The first kappa shape index (κ1) is 15.0. The van der Waals surface area contributed by atoms with Crippen molar-refractivity contribution < 1.29 is 8.42 Å². The number of nitrogens with one attached hydrogen (secondary N) is 2. The highest BCUT2D eigenvalue weighted by Gasteiger charge is 2.15. The van der Waals surface area contributed by atoms with Gasteiger partial charge in [-0.05, 0) is 31.6 Å². The zero-order chi connectivity index (χ0) is 13.4. The van der Waals surface area contributed by atoms with Gasteiger partial charge in [-0.3, -0.25) is 0 Å². The van der Waals surface area contributed by atoms with Gasteiger partial charge in [0.25, 0.3) is 0 Å². The number of rotatable bonds is 8. The van der Waals surface area contributed by atoms with Gasteiger partial charge in [0.05, 0.1) is 16.3 Å². The van der Waals surface area contributed by atoms with Crippen LogP contribution in [-0.2, 0) is 9.84 Å². The lowest BCUT2D eigenvalue weighted by Gasteiger charge is -2.11. The summed E-state index contributed by atoms with van der Waals surface area (Å²) in [6, 6.07) is 7.08. The average molecular weight is 270 g/mol. The summed E-state index contributed by atoms with van der Waals surface area (Å²) in [4.78, 5) is 0.399. The molecule has 4 nitrogen and oxygen atoms in total. The normalized spacial score (nSPS) is 11.4. The number of hydrogen-bond donors (Lipinski definition) is 2. The summed E-state index contributed by atoms with van der Waals surface area (Å²) in [5.41, 5.74) is 0.704. The van der Waals surface area contributed by atoms with Crippen molar-refractivity contribution in [2.45, 2.75) is 25.2 Å². The van der Waals surface area contributed by atoms with Crippen LogP contribution in [0.5, 0.6) is 0 Å². The van der Waals surface area contributed by atoms with E-state index >= 15 is 0 Å². The molecule has 2 N–H and O–H groups in total. The van der Waals surface area contributed by atoms with Crippen molar-refractivity contribution >= 4 is 15.5 Å². The topological polar surface area (TPSA) is 58.2 Å². The summed E-state index contributed by atoms with van der Waals surface area (Å²) in [5, 5.41) is 6.43. The number of benzene rings is 1. The summed E-state index contributed by atoms with van der Waals surface area (Å²) in [6.07, 6.45) is 0.967. The summed E-state index contributed by atoms with van der Waals surface area (Å²) in [6.45, 7) is 6.39. The molecule has 0 aliphatic carbocycles. The van der Waals surface area contributed by atoms with Gasteiger partial charge in [0.1, 0.15) is 0 Å². The third-order valence-corrected chi connectivity index (χ3v) is 4.48. The molecule has 0 aliphatic rings. The van der Waals surface area contributed by atoms with Crippen LogP contribution >= 0.6 is 0 Å². The first-order valence-electron chi connectivity index (χ1n) is 6.38. The van der Waals surface area contributed by atoms with E-state index in [4.69, 9.17) is 0 Å². The SMILES string of the molecule is CCNCCCNc1ccccc1S(=O)(=O)CC. The molecule has 1 aromatic rings. The summed E-state index contributed by atoms with van der Waals surface area (Å²) in [5.74, 6) is 0.128. The van der Waals surface area contributed by atoms with E-state index in [1.807, 2.05) is 12.1 Å². The number of hydrogen-bond acceptors (Lipinski definition) is 4. The van der Waals surface area contributed by atoms with Crippen LogP contribution in [0, 0.1) is 0 Å². The van der Waals surface area contributed by atoms with Crippen LogP contribution in [0.1, 0.15) is 20.3 Å². The standard InChI is InChI=1S/C13H22N2O2S/c1-3-14-10-7-11-15-12-8-5-6-9-13(12)18(16,17)4-2/h5-6,8-9,14-15H,3-4,7,10-11H2,1-2H3. The van der Waals surface area contributed by atoms with Crippen LogP contribution in [0.2, 0.25) is 0 Å². The van der Waals surface area contributed by atoms with Crippen LogP contribution in [0.15, 0.2) is 29.2 Å². The number of anilines is 1. The highest BCUT2D eigenvalue weighted by molar-refractivity contribution is 7.91. The zero-order valence-corrected chi connectivity index (χ0v) is 11.9. The zero-order valence-electron chi connectivity index (χ0n) is 11.1. The molecular formula is C13H22N2O2S. The Balaban J connectivity index is 2.66. The second-order valence-corrected chi connectivity index (χ2v) is 6.28. The molecule has 1 rings (SSSR count). The molecule has 0 unspecified atom stereocenters. The molecule has 5 heteroatoms. The largest absolute Gasteiger partial charge is 0.384 e. The second-order valence-electron chi connectivity index (χ2n) is 4.03. The van der Waals surface area contributed by atoms with Crippen LogP contribution < -0.4 is 10.6 Å². The molecule has 18 heavy (non-hydrogen) atoms. The molecule has 0 amide bonds. The van der Waals surface area contributed by atoms with Gasteiger partial charge >= 0.3 is 0 Å². The van der Waals surface area contributed by atoms with Gasteiger partial charge in [-0.2, -0.15) is 0 Å². The Hall–Kier alpha value is -1.07. The maximum absolute atomic E-state index is 11.9. The Kier molecular flexibility index (Phi) is 6.15. The van der Waals surface area contributed by atoms with Crippen molar-refractivity contribution in [3.8, 4) is 0 Å². The molecule has 0 aliphatic heterocycles. The Bertz CT molecular complexity index is 458. The maximum atomic E-state index is 11.9. The van der Waals surface area contributed by atoms with Crippen molar-refractivity contribution in [3.05, 3.63) is 24.3 Å². The van der Waals surface area contributed by atoms with Crippen LogP contribution in [0.3, 0.4) is 0 Å². The Morgan fingerprint density at radius 3 is 2.50 bits per heavy atom.